The van der Waals surface area contributed by atoms with E-state index in [1.54, 1.807) is 24.4 Å². The average molecular weight is 635 g/mol. The zero-order valence-electron chi connectivity index (χ0n) is 25.2. The second-order valence-electron chi connectivity index (χ2n) is 11.6. The third-order valence-electron chi connectivity index (χ3n) is 8.63. The summed E-state index contributed by atoms with van der Waals surface area (Å²) in [6, 6.07) is 32.2. The Bertz CT molecular complexity index is 2080. The third kappa shape index (κ3) is 6.05. The second-order valence-corrected chi connectivity index (χ2v) is 13.3. The first-order chi connectivity index (χ1) is 22.4. The molecule has 9 nitrogen and oxygen atoms in total. The smallest absolute Gasteiger partial charge is 0.243 e. The monoisotopic (exact) mass is 634 g/mol. The zero-order chi connectivity index (χ0) is 31.7. The van der Waals surface area contributed by atoms with Crippen molar-refractivity contribution in [1.29, 1.82) is 0 Å². The van der Waals surface area contributed by atoms with Crippen LogP contribution in [-0.4, -0.2) is 34.2 Å². The molecule has 3 heterocycles. The Morgan fingerprint density at radius 1 is 0.826 bits per heavy atom. The van der Waals surface area contributed by atoms with Crippen LogP contribution in [0.5, 0.6) is 0 Å². The lowest BCUT2D eigenvalue weighted by atomic mass is 9.90. The molecular weight excluding hydrogens is 600 g/mol. The molecule has 4 atom stereocenters. The molecule has 0 radical (unpaired) electrons. The van der Waals surface area contributed by atoms with Crippen LogP contribution in [-0.2, 0) is 39.2 Å². The maximum atomic E-state index is 13.2. The summed E-state index contributed by atoms with van der Waals surface area (Å²) in [6.07, 6.45) is 2.34. The lowest BCUT2D eigenvalue weighted by molar-refractivity contribution is -0.276. The number of rotatable bonds is 9. The van der Waals surface area contributed by atoms with Gasteiger partial charge in [0.1, 0.15) is 4.90 Å². The van der Waals surface area contributed by atoms with Crippen molar-refractivity contribution in [3.05, 3.63) is 138 Å². The maximum absolute atomic E-state index is 13.2. The van der Waals surface area contributed by atoms with Crippen molar-refractivity contribution in [2.75, 3.05) is 0 Å². The first kappa shape index (κ1) is 30.2. The summed E-state index contributed by atoms with van der Waals surface area (Å²) in [7, 11) is -3.80. The summed E-state index contributed by atoms with van der Waals surface area (Å²) in [4.78, 5) is 9.00. The minimum absolute atomic E-state index is 0.00891. The van der Waals surface area contributed by atoms with Gasteiger partial charge in [0.05, 0.1) is 48.2 Å². The largest absolute Gasteiger partial charge is 0.392 e. The van der Waals surface area contributed by atoms with Crippen LogP contribution in [0.4, 0.5) is 0 Å². The van der Waals surface area contributed by atoms with Crippen LogP contribution < -0.4 is 4.72 Å². The number of pyridine rings is 1. The van der Waals surface area contributed by atoms with E-state index in [1.165, 1.54) is 0 Å². The highest BCUT2D eigenvalue weighted by Crippen LogP contribution is 2.42. The summed E-state index contributed by atoms with van der Waals surface area (Å²) in [5, 5.41) is 10.3. The SMILES string of the molecule is CC1C(Cn2cnc3ccccc32)OC(c2ccc(CNS(=O)(=O)c3cccc4cccnc34)cc2)OC1c1ccc(CO)cc1. The number of fused-ring (bicyclic) bond motifs is 2. The van der Waals surface area contributed by atoms with Crippen LogP contribution in [0.25, 0.3) is 21.9 Å². The molecule has 6 aromatic rings. The Labute approximate surface area is 267 Å². The molecule has 46 heavy (non-hydrogen) atoms. The number of hydrogen-bond acceptors (Lipinski definition) is 7. The van der Waals surface area contributed by atoms with Gasteiger partial charge in [-0.3, -0.25) is 4.98 Å². The minimum Gasteiger partial charge on any atom is -0.392 e. The van der Waals surface area contributed by atoms with Crippen LogP contribution in [0.15, 0.2) is 121 Å². The van der Waals surface area contributed by atoms with Gasteiger partial charge in [0.2, 0.25) is 10.0 Å². The number of nitrogens with zero attached hydrogens (tertiary/aromatic N) is 3. The van der Waals surface area contributed by atoms with Gasteiger partial charge in [0, 0.05) is 29.6 Å². The van der Waals surface area contributed by atoms with Gasteiger partial charge in [-0.05, 0) is 41.0 Å². The minimum atomic E-state index is -3.80. The summed E-state index contributed by atoms with van der Waals surface area (Å²) < 4.78 is 44.5. The maximum Gasteiger partial charge on any atom is 0.243 e. The van der Waals surface area contributed by atoms with E-state index in [4.69, 9.17) is 9.47 Å². The van der Waals surface area contributed by atoms with Gasteiger partial charge in [0.15, 0.2) is 6.29 Å². The first-order valence-corrected chi connectivity index (χ1v) is 16.7. The Kier molecular flexibility index (Phi) is 8.37. The Balaban J connectivity index is 1.12. The summed E-state index contributed by atoms with van der Waals surface area (Å²) in [6.45, 7) is 2.82. The number of hydrogen-bond donors (Lipinski definition) is 2. The van der Waals surface area contributed by atoms with E-state index in [1.807, 2.05) is 85.2 Å². The van der Waals surface area contributed by atoms with E-state index in [0.717, 1.165) is 38.7 Å². The van der Waals surface area contributed by atoms with Crippen LogP contribution in [0.3, 0.4) is 0 Å². The highest BCUT2D eigenvalue weighted by molar-refractivity contribution is 7.89. The van der Waals surface area contributed by atoms with E-state index in [2.05, 4.69) is 32.2 Å². The molecule has 0 saturated carbocycles. The molecule has 1 saturated heterocycles. The fourth-order valence-electron chi connectivity index (χ4n) is 6.02. The highest BCUT2D eigenvalue weighted by atomic mass is 32.2. The summed E-state index contributed by atoms with van der Waals surface area (Å²) in [5.74, 6) is 0.00891. The van der Waals surface area contributed by atoms with E-state index < -0.39 is 16.3 Å². The van der Waals surface area contributed by atoms with Crippen molar-refractivity contribution in [2.24, 2.45) is 5.92 Å². The van der Waals surface area contributed by atoms with Gasteiger partial charge in [0.25, 0.3) is 0 Å². The molecule has 10 heteroatoms. The van der Waals surface area contributed by atoms with Gasteiger partial charge in [-0.25, -0.2) is 18.1 Å². The van der Waals surface area contributed by atoms with E-state index >= 15 is 0 Å². The van der Waals surface area contributed by atoms with Crippen LogP contribution >= 0.6 is 0 Å². The quantitative estimate of drug-likeness (QED) is 0.199. The fraction of sp³-hybridized carbons (Fsp3) is 0.222. The number of aliphatic hydroxyl groups is 1. The van der Waals surface area contributed by atoms with Gasteiger partial charge in [-0.15, -0.1) is 0 Å². The summed E-state index contributed by atoms with van der Waals surface area (Å²) in [5.41, 5.74) is 5.87. The molecule has 2 aromatic heterocycles. The summed E-state index contributed by atoms with van der Waals surface area (Å²) >= 11 is 0. The van der Waals surface area contributed by atoms with Gasteiger partial charge in [-0.1, -0.05) is 85.8 Å². The van der Waals surface area contributed by atoms with Crippen LogP contribution in [0.2, 0.25) is 0 Å². The van der Waals surface area contributed by atoms with Crippen molar-refractivity contribution in [1.82, 2.24) is 19.3 Å². The lowest BCUT2D eigenvalue weighted by Crippen LogP contribution is -2.39. The highest BCUT2D eigenvalue weighted by Gasteiger charge is 2.38. The number of nitrogens with one attached hydrogen (secondary N) is 1. The molecular formula is C36H34N4O5S. The van der Waals surface area contributed by atoms with Gasteiger partial charge >= 0.3 is 0 Å². The Hall–Kier alpha value is -4.45. The molecule has 0 bridgehead atoms. The number of imidazole rings is 1. The topological polar surface area (TPSA) is 116 Å². The zero-order valence-corrected chi connectivity index (χ0v) is 26.0. The second kappa shape index (κ2) is 12.7. The van der Waals surface area contributed by atoms with Crippen molar-refractivity contribution in [3.8, 4) is 0 Å². The molecule has 0 amide bonds. The van der Waals surface area contributed by atoms with E-state index in [0.29, 0.717) is 12.1 Å². The molecule has 0 spiro atoms. The molecule has 234 valence electrons. The molecule has 4 aromatic carbocycles. The number of sulfonamides is 1. The van der Waals surface area contributed by atoms with Crippen molar-refractivity contribution < 1.29 is 23.0 Å². The molecule has 0 aliphatic carbocycles. The molecule has 4 unspecified atom stereocenters. The predicted octanol–water partition coefficient (Wildman–Crippen LogP) is 6.05. The van der Waals surface area contributed by atoms with Crippen LogP contribution in [0, 0.1) is 5.92 Å². The van der Waals surface area contributed by atoms with Crippen molar-refractivity contribution in [3.63, 3.8) is 0 Å². The normalized spacial score (nSPS) is 20.3. The first-order valence-electron chi connectivity index (χ1n) is 15.2. The van der Waals surface area contributed by atoms with Gasteiger partial charge < -0.3 is 19.1 Å². The Morgan fingerprint density at radius 3 is 2.37 bits per heavy atom. The number of ether oxygens (including phenoxy) is 2. The number of para-hydroxylation sites is 3. The van der Waals surface area contributed by atoms with E-state index in [9.17, 15) is 13.5 Å². The molecule has 1 aliphatic rings. The Morgan fingerprint density at radius 2 is 1.57 bits per heavy atom. The molecule has 1 aliphatic heterocycles. The van der Waals surface area contributed by atoms with Crippen molar-refractivity contribution in [2.45, 2.75) is 50.0 Å². The molecule has 2 N–H and O–H groups in total. The lowest BCUT2D eigenvalue weighted by Gasteiger charge is -2.41. The standard InChI is InChI=1S/C36H34N4O5S/c1-24-32(21-40-23-38-30-8-2-3-9-31(30)40)44-36(45-35(24)28-15-13-26(22-41)14-16-28)29-17-11-25(12-18-29)20-39-46(42,43)33-10-4-6-27-7-5-19-37-34(27)33/h2-19,23-24,32,35-36,39,41H,20-22H2,1H3. The number of aromatic nitrogens is 3. The molecule has 7 rings (SSSR count). The predicted molar refractivity (Wildman–Crippen MR) is 175 cm³/mol. The third-order valence-corrected chi connectivity index (χ3v) is 10.1. The van der Waals surface area contributed by atoms with Gasteiger partial charge in [-0.2, -0.15) is 0 Å². The van der Waals surface area contributed by atoms with Crippen molar-refractivity contribution >= 4 is 32.0 Å². The van der Waals surface area contributed by atoms with Crippen LogP contribution in [0.1, 0.15) is 41.6 Å². The number of benzene rings is 4. The molecule has 1 fully saturated rings. The average Bonchev–Trinajstić information content (AvgIpc) is 3.51. The van der Waals surface area contributed by atoms with E-state index in [-0.39, 0.29) is 36.2 Å². The fourth-order valence-corrected chi connectivity index (χ4v) is 7.21. The number of aliphatic hydroxyl groups excluding tert-OH is 1.